The van der Waals surface area contributed by atoms with Crippen molar-refractivity contribution >= 4 is 26.6 Å². The smallest absolute Gasteiger partial charge is 0.232 e. The Morgan fingerprint density at radius 2 is 1.85 bits per heavy atom. The first-order chi connectivity index (χ1) is 15.5. The Morgan fingerprint density at radius 3 is 2.48 bits per heavy atom. The Balaban J connectivity index is 1.77. The van der Waals surface area contributed by atoms with Crippen LogP contribution >= 0.6 is 0 Å². The monoisotopic (exact) mass is 467 g/mol. The number of sulfonamides is 1. The van der Waals surface area contributed by atoms with Crippen LogP contribution in [-0.2, 0) is 15.4 Å². The van der Waals surface area contributed by atoms with Crippen molar-refractivity contribution in [3.63, 3.8) is 0 Å². The van der Waals surface area contributed by atoms with E-state index in [1.54, 1.807) is 6.07 Å². The fourth-order valence-electron chi connectivity index (χ4n) is 4.60. The molecule has 8 nitrogen and oxygen atoms in total. The van der Waals surface area contributed by atoms with Crippen LogP contribution in [0.5, 0.6) is 0 Å². The van der Waals surface area contributed by atoms with Crippen molar-refractivity contribution in [2.45, 2.75) is 45.4 Å². The number of hydrogen-bond donors (Lipinski definition) is 2. The number of benzene rings is 2. The standard InChI is InChI=1S/C24H29N5O3S/c1-15(14-24(3,4)23-25-16(2)28-32-23)20(17-10-7-6-8-11-17)22-18-12-9-13-19(21(18)26-27-22)29-33(5,30)31/h6-13,15,20,29H,14H2,1-5H3,(H,26,27). The van der Waals surface area contributed by atoms with Crippen molar-refractivity contribution < 1.29 is 12.9 Å². The van der Waals surface area contributed by atoms with Gasteiger partial charge < -0.3 is 4.52 Å². The normalized spacial score (nSPS) is 14.3. The van der Waals surface area contributed by atoms with E-state index >= 15 is 0 Å². The summed E-state index contributed by atoms with van der Waals surface area (Å²) < 4.78 is 31.7. The van der Waals surface area contributed by atoms with Gasteiger partial charge >= 0.3 is 0 Å². The number of fused-ring (bicyclic) bond motifs is 1. The van der Waals surface area contributed by atoms with Crippen LogP contribution in [0.15, 0.2) is 53.1 Å². The number of hydrogen-bond acceptors (Lipinski definition) is 6. The highest BCUT2D eigenvalue weighted by molar-refractivity contribution is 7.92. The Bertz CT molecular complexity index is 1360. The van der Waals surface area contributed by atoms with Crippen LogP contribution in [0.25, 0.3) is 10.9 Å². The molecule has 9 heteroatoms. The maximum Gasteiger partial charge on any atom is 0.232 e. The molecular weight excluding hydrogens is 438 g/mol. The van der Waals surface area contributed by atoms with E-state index in [1.807, 2.05) is 37.3 Å². The summed E-state index contributed by atoms with van der Waals surface area (Å²) in [6.45, 7) is 8.24. The lowest BCUT2D eigenvalue weighted by molar-refractivity contribution is 0.260. The van der Waals surface area contributed by atoms with Crippen molar-refractivity contribution in [2.24, 2.45) is 5.92 Å². The van der Waals surface area contributed by atoms with E-state index in [2.05, 4.69) is 58.0 Å². The molecule has 2 atom stereocenters. The number of aromatic amines is 1. The van der Waals surface area contributed by atoms with Gasteiger partial charge in [0.05, 0.1) is 17.6 Å². The largest absolute Gasteiger partial charge is 0.339 e. The van der Waals surface area contributed by atoms with Gasteiger partial charge in [0.2, 0.25) is 15.9 Å². The van der Waals surface area contributed by atoms with Gasteiger partial charge in [-0.1, -0.05) is 68.4 Å². The summed E-state index contributed by atoms with van der Waals surface area (Å²) in [5.41, 5.74) is 2.82. The summed E-state index contributed by atoms with van der Waals surface area (Å²) in [5, 5.41) is 12.6. The lowest BCUT2D eigenvalue weighted by Crippen LogP contribution is -2.25. The number of aryl methyl sites for hydroxylation is 1. The lowest BCUT2D eigenvalue weighted by atomic mass is 9.74. The number of H-pyrrole nitrogens is 1. The summed E-state index contributed by atoms with van der Waals surface area (Å²) in [4.78, 5) is 4.46. The lowest BCUT2D eigenvalue weighted by Gasteiger charge is -2.30. The molecule has 33 heavy (non-hydrogen) atoms. The molecule has 0 spiro atoms. The number of nitrogens with one attached hydrogen (secondary N) is 2. The summed E-state index contributed by atoms with van der Waals surface area (Å²) in [6.07, 6.45) is 1.92. The van der Waals surface area contributed by atoms with Gasteiger partial charge in [0.25, 0.3) is 0 Å². The Kier molecular flexibility index (Phi) is 6.00. The third-order valence-corrected chi connectivity index (χ3v) is 6.48. The van der Waals surface area contributed by atoms with Gasteiger partial charge in [-0.3, -0.25) is 9.82 Å². The van der Waals surface area contributed by atoms with Crippen molar-refractivity contribution in [1.82, 2.24) is 20.3 Å². The molecule has 0 aliphatic carbocycles. The van der Waals surface area contributed by atoms with Gasteiger partial charge in [0, 0.05) is 16.7 Å². The molecule has 0 saturated heterocycles. The Hall–Kier alpha value is -3.20. The van der Waals surface area contributed by atoms with Gasteiger partial charge in [-0.15, -0.1) is 0 Å². The number of para-hydroxylation sites is 1. The fourth-order valence-corrected chi connectivity index (χ4v) is 5.16. The molecule has 2 unspecified atom stereocenters. The molecule has 0 saturated carbocycles. The van der Waals surface area contributed by atoms with E-state index in [4.69, 9.17) is 4.52 Å². The van der Waals surface area contributed by atoms with E-state index in [-0.39, 0.29) is 17.3 Å². The van der Waals surface area contributed by atoms with Crippen LogP contribution in [-0.4, -0.2) is 35.0 Å². The average molecular weight is 468 g/mol. The van der Waals surface area contributed by atoms with Gasteiger partial charge in [-0.25, -0.2) is 8.42 Å². The second-order valence-electron chi connectivity index (χ2n) is 9.31. The molecular formula is C24H29N5O3S. The number of rotatable bonds is 8. The predicted molar refractivity (Wildman–Crippen MR) is 129 cm³/mol. The maximum absolute atomic E-state index is 11.8. The maximum atomic E-state index is 11.8. The van der Waals surface area contributed by atoms with Gasteiger partial charge in [-0.05, 0) is 30.9 Å². The summed E-state index contributed by atoms with van der Waals surface area (Å²) in [6, 6.07) is 15.8. The predicted octanol–water partition coefficient (Wildman–Crippen LogP) is 4.76. The van der Waals surface area contributed by atoms with Crippen LogP contribution < -0.4 is 4.72 Å². The summed E-state index contributed by atoms with van der Waals surface area (Å²) >= 11 is 0. The average Bonchev–Trinajstić information content (AvgIpc) is 3.36. The molecule has 0 amide bonds. The number of anilines is 1. The van der Waals surface area contributed by atoms with E-state index in [9.17, 15) is 8.42 Å². The molecule has 4 rings (SSSR count). The second-order valence-corrected chi connectivity index (χ2v) is 11.1. The van der Waals surface area contributed by atoms with Crippen LogP contribution in [0.4, 0.5) is 5.69 Å². The molecule has 174 valence electrons. The topological polar surface area (TPSA) is 114 Å². The number of aromatic nitrogens is 4. The molecule has 2 heterocycles. The van der Waals surface area contributed by atoms with Crippen LogP contribution in [0.2, 0.25) is 0 Å². The van der Waals surface area contributed by atoms with E-state index < -0.39 is 10.0 Å². The van der Waals surface area contributed by atoms with Crippen molar-refractivity contribution in [3.05, 3.63) is 71.5 Å². The van der Waals surface area contributed by atoms with E-state index in [1.165, 1.54) is 0 Å². The molecule has 0 aliphatic rings. The minimum absolute atomic E-state index is 0.00650. The van der Waals surface area contributed by atoms with Crippen molar-refractivity contribution in [1.29, 1.82) is 0 Å². The zero-order valence-electron chi connectivity index (χ0n) is 19.5. The molecule has 2 aromatic carbocycles. The van der Waals surface area contributed by atoms with Gasteiger partial charge in [0.1, 0.15) is 5.52 Å². The fraction of sp³-hybridized carbons (Fsp3) is 0.375. The highest BCUT2D eigenvalue weighted by atomic mass is 32.2. The van der Waals surface area contributed by atoms with Crippen LogP contribution in [0.1, 0.15) is 56.1 Å². The zero-order valence-corrected chi connectivity index (χ0v) is 20.3. The first-order valence-electron chi connectivity index (χ1n) is 10.9. The summed E-state index contributed by atoms with van der Waals surface area (Å²) in [7, 11) is -3.43. The molecule has 0 fully saturated rings. The molecule has 0 bridgehead atoms. The van der Waals surface area contributed by atoms with Gasteiger partial charge in [0.15, 0.2) is 5.82 Å². The minimum atomic E-state index is -3.43. The zero-order chi connectivity index (χ0) is 23.8. The number of nitrogens with zero attached hydrogens (tertiary/aromatic N) is 3. The SMILES string of the molecule is Cc1noc(C(C)(C)CC(C)C(c2ccccc2)c2[nH]nc3c(NS(C)(=O)=O)cccc23)n1. The van der Waals surface area contributed by atoms with Crippen molar-refractivity contribution in [2.75, 3.05) is 11.0 Å². The van der Waals surface area contributed by atoms with Crippen LogP contribution in [0, 0.1) is 12.8 Å². The molecule has 0 radical (unpaired) electrons. The van der Waals surface area contributed by atoms with E-state index in [0.717, 1.165) is 29.3 Å². The highest BCUT2D eigenvalue weighted by Gasteiger charge is 2.34. The summed E-state index contributed by atoms with van der Waals surface area (Å²) in [5.74, 6) is 1.40. The third-order valence-electron chi connectivity index (χ3n) is 5.89. The van der Waals surface area contributed by atoms with E-state index in [0.29, 0.717) is 22.9 Å². The molecule has 0 aliphatic heterocycles. The van der Waals surface area contributed by atoms with Crippen molar-refractivity contribution in [3.8, 4) is 0 Å². The molecule has 4 aromatic rings. The molecule has 2 aromatic heterocycles. The second kappa shape index (κ2) is 8.62. The first kappa shape index (κ1) is 23.0. The minimum Gasteiger partial charge on any atom is -0.339 e. The molecule has 2 N–H and O–H groups in total. The Labute approximate surface area is 193 Å². The first-order valence-corrected chi connectivity index (χ1v) is 12.7. The highest BCUT2D eigenvalue weighted by Crippen LogP contribution is 2.41. The Morgan fingerprint density at radius 1 is 1.12 bits per heavy atom. The quantitative estimate of drug-likeness (QED) is 0.386. The van der Waals surface area contributed by atoms with Crippen LogP contribution in [0.3, 0.4) is 0 Å². The van der Waals surface area contributed by atoms with Gasteiger partial charge in [-0.2, -0.15) is 10.1 Å². The third kappa shape index (κ3) is 4.93.